The zero-order valence-electron chi connectivity index (χ0n) is 10.8. The third-order valence-electron chi connectivity index (χ3n) is 4.20. The molecular formula is C14H17FN2O2. The van der Waals surface area contributed by atoms with Crippen LogP contribution in [0.15, 0.2) is 18.2 Å². The van der Waals surface area contributed by atoms with Crippen molar-refractivity contribution in [2.45, 2.75) is 0 Å². The minimum Gasteiger partial charge on any atom is -0.478 e. The van der Waals surface area contributed by atoms with Gasteiger partial charge in [0.25, 0.3) is 0 Å². The maximum atomic E-state index is 14.0. The Kier molecular flexibility index (Phi) is 2.93. The summed E-state index contributed by atoms with van der Waals surface area (Å²) in [6.07, 6.45) is 0. The minimum atomic E-state index is -1.09. The highest BCUT2D eigenvalue weighted by Crippen LogP contribution is 2.34. The number of fused-ring (bicyclic) bond motifs is 1. The van der Waals surface area contributed by atoms with E-state index in [1.807, 2.05) is 4.90 Å². The van der Waals surface area contributed by atoms with E-state index in [4.69, 9.17) is 5.11 Å². The number of likely N-dealkylation sites (tertiary alicyclic amines) is 1. The van der Waals surface area contributed by atoms with Crippen LogP contribution in [0, 0.1) is 17.7 Å². The summed E-state index contributed by atoms with van der Waals surface area (Å²) in [5, 5.41) is 8.84. The van der Waals surface area contributed by atoms with Crippen molar-refractivity contribution in [1.82, 2.24) is 4.90 Å². The Bertz CT molecular complexity index is 506. The Labute approximate surface area is 111 Å². The second-order valence-electron chi connectivity index (χ2n) is 5.62. The maximum absolute atomic E-state index is 14.0. The average molecular weight is 264 g/mol. The van der Waals surface area contributed by atoms with Crippen LogP contribution in [0.5, 0.6) is 0 Å². The monoisotopic (exact) mass is 264 g/mol. The first-order valence-electron chi connectivity index (χ1n) is 6.51. The molecule has 5 heteroatoms. The van der Waals surface area contributed by atoms with E-state index >= 15 is 0 Å². The van der Waals surface area contributed by atoms with Crippen LogP contribution >= 0.6 is 0 Å². The van der Waals surface area contributed by atoms with Crippen molar-refractivity contribution in [2.24, 2.45) is 11.8 Å². The van der Waals surface area contributed by atoms with E-state index in [1.54, 1.807) is 6.07 Å². The molecule has 0 aromatic heterocycles. The van der Waals surface area contributed by atoms with Gasteiger partial charge in [0.05, 0.1) is 11.3 Å². The first-order chi connectivity index (χ1) is 9.04. The molecule has 19 heavy (non-hydrogen) atoms. The number of carboxylic acids is 1. The topological polar surface area (TPSA) is 43.8 Å². The fraction of sp³-hybridized carbons (Fsp3) is 0.500. The number of carboxylic acid groups (broad SMARTS) is 1. The molecule has 2 heterocycles. The molecule has 2 aliphatic heterocycles. The van der Waals surface area contributed by atoms with Crippen LogP contribution in [0.3, 0.4) is 0 Å². The lowest BCUT2D eigenvalue weighted by Gasteiger charge is -2.22. The second kappa shape index (κ2) is 4.49. The molecule has 3 rings (SSSR count). The van der Waals surface area contributed by atoms with Crippen LogP contribution in [-0.2, 0) is 0 Å². The normalized spacial score (nSPS) is 26.7. The van der Waals surface area contributed by atoms with Gasteiger partial charge in [-0.05, 0) is 37.1 Å². The van der Waals surface area contributed by atoms with Crippen LogP contribution < -0.4 is 4.90 Å². The van der Waals surface area contributed by atoms with Crippen molar-refractivity contribution in [1.29, 1.82) is 0 Å². The summed E-state index contributed by atoms with van der Waals surface area (Å²) in [4.78, 5) is 15.2. The first kappa shape index (κ1) is 12.4. The van der Waals surface area contributed by atoms with E-state index in [2.05, 4.69) is 11.9 Å². The molecule has 0 spiro atoms. The number of hydrogen-bond acceptors (Lipinski definition) is 3. The highest BCUT2D eigenvalue weighted by molar-refractivity contribution is 5.88. The van der Waals surface area contributed by atoms with Gasteiger partial charge in [0, 0.05) is 26.2 Å². The highest BCUT2D eigenvalue weighted by atomic mass is 19.1. The standard InChI is InChI=1S/C14H17FN2O2/c1-16-5-10-7-17(8-11(10)6-16)13-3-2-9(14(18)19)4-12(13)15/h2-4,10-11H,5-8H2,1H3,(H,18,19). The number of aromatic carboxylic acids is 1. The number of carbonyl (C=O) groups is 1. The average Bonchev–Trinajstić information content (AvgIpc) is 2.85. The van der Waals surface area contributed by atoms with Gasteiger partial charge >= 0.3 is 5.97 Å². The molecule has 2 unspecified atom stereocenters. The third kappa shape index (κ3) is 2.18. The summed E-state index contributed by atoms with van der Waals surface area (Å²) in [7, 11) is 2.12. The Morgan fingerprint density at radius 1 is 1.26 bits per heavy atom. The minimum absolute atomic E-state index is 0.000347. The van der Waals surface area contributed by atoms with Crippen molar-refractivity contribution in [2.75, 3.05) is 38.1 Å². The van der Waals surface area contributed by atoms with Gasteiger partial charge in [0.2, 0.25) is 0 Å². The molecule has 1 N–H and O–H groups in total. The number of hydrogen-bond donors (Lipinski definition) is 1. The van der Waals surface area contributed by atoms with Crippen molar-refractivity contribution in [3.8, 4) is 0 Å². The van der Waals surface area contributed by atoms with E-state index in [0.717, 1.165) is 32.2 Å². The van der Waals surface area contributed by atoms with Gasteiger partial charge in [-0.3, -0.25) is 0 Å². The van der Waals surface area contributed by atoms with Gasteiger partial charge in [-0.2, -0.15) is 0 Å². The molecule has 0 saturated carbocycles. The molecule has 2 saturated heterocycles. The largest absolute Gasteiger partial charge is 0.478 e. The van der Waals surface area contributed by atoms with Crippen molar-refractivity contribution in [3.05, 3.63) is 29.6 Å². The summed E-state index contributed by atoms with van der Waals surface area (Å²) < 4.78 is 14.0. The van der Waals surface area contributed by atoms with Crippen LogP contribution in [0.25, 0.3) is 0 Å². The van der Waals surface area contributed by atoms with Gasteiger partial charge in [-0.1, -0.05) is 0 Å². The van der Waals surface area contributed by atoms with Crippen molar-refractivity contribution < 1.29 is 14.3 Å². The number of halogens is 1. The van der Waals surface area contributed by atoms with Crippen molar-refractivity contribution in [3.63, 3.8) is 0 Å². The second-order valence-corrected chi connectivity index (χ2v) is 5.62. The van der Waals surface area contributed by atoms with Crippen LogP contribution in [0.4, 0.5) is 10.1 Å². The van der Waals surface area contributed by atoms with Gasteiger partial charge in [0.1, 0.15) is 5.82 Å². The number of rotatable bonds is 2. The van der Waals surface area contributed by atoms with Gasteiger partial charge in [0.15, 0.2) is 0 Å². The Morgan fingerprint density at radius 2 is 1.89 bits per heavy atom. The van der Waals surface area contributed by atoms with E-state index < -0.39 is 11.8 Å². The predicted molar refractivity (Wildman–Crippen MR) is 70.0 cm³/mol. The lowest BCUT2D eigenvalue weighted by atomic mass is 10.0. The van der Waals surface area contributed by atoms with Gasteiger partial charge in [-0.25, -0.2) is 9.18 Å². The molecule has 1 aromatic rings. The fourth-order valence-corrected chi connectivity index (χ4v) is 3.32. The molecule has 0 radical (unpaired) electrons. The van der Waals surface area contributed by atoms with Crippen LogP contribution in [-0.4, -0.2) is 49.2 Å². The summed E-state index contributed by atoms with van der Waals surface area (Å²) in [6, 6.07) is 4.17. The highest BCUT2D eigenvalue weighted by Gasteiger charge is 2.39. The molecular weight excluding hydrogens is 247 g/mol. The number of anilines is 1. The lowest BCUT2D eigenvalue weighted by Crippen LogP contribution is -2.27. The fourth-order valence-electron chi connectivity index (χ4n) is 3.32. The summed E-state index contributed by atoms with van der Waals surface area (Å²) in [6.45, 7) is 3.85. The van der Waals surface area contributed by atoms with E-state index in [0.29, 0.717) is 17.5 Å². The first-order valence-corrected chi connectivity index (χ1v) is 6.51. The van der Waals surface area contributed by atoms with Gasteiger partial charge < -0.3 is 14.9 Å². The molecule has 0 aliphatic carbocycles. The summed E-state index contributed by atoms with van der Waals surface area (Å²) in [5.41, 5.74) is 0.530. The lowest BCUT2D eigenvalue weighted by molar-refractivity contribution is 0.0696. The Balaban J connectivity index is 1.79. The quantitative estimate of drug-likeness (QED) is 0.879. The number of nitrogens with zero attached hydrogens (tertiary/aromatic N) is 2. The molecule has 2 aliphatic rings. The predicted octanol–water partition coefficient (Wildman–Crippen LogP) is 1.52. The Hall–Kier alpha value is -1.62. The van der Waals surface area contributed by atoms with Crippen LogP contribution in [0.1, 0.15) is 10.4 Å². The molecule has 2 fully saturated rings. The summed E-state index contributed by atoms with van der Waals surface area (Å²) >= 11 is 0. The van der Waals surface area contributed by atoms with Crippen LogP contribution in [0.2, 0.25) is 0 Å². The number of benzene rings is 1. The Morgan fingerprint density at radius 3 is 2.42 bits per heavy atom. The molecule has 1 aromatic carbocycles. The van der Waals surface area contributed by atoms with E-state index in [-0.39, 0.29) is 5.56 Å². The molecule has 0 bridgehead atoms. The van der Waals surface area contributed by atoms with E-state index in [9.17, 15) is 9.18 Å². The van der Waals surface area contributed by atoms with Crippen molar-refractivity contribution >= 4 is 11.7 Å². The SMILES string of the molecule is CN1CC2CN(c3ccc(C(=O)O)cc3F)CC2C1. The molecule has 2 atom stereocenters. The van der Waals surface area contributed by atoms with Gasteiger partial charge in [-0.15, -0.1) is 0 Å². The third-order valence-corrected chi connectivity index (χ3v) is 4.20. The molecule has 102 valence electrons. The smallest absolute Gasteiger partial charge is 0.335 e. The maximum Gasteiger partial charge on any atom is 0.335 e. The molecule has 0 amide bonds. The zero-order chi connectivity index (χ0) is 13.6. The molecule has 4 nitrogen and oxygen atoms in total. The van der Waals surface area contributed by atoms with E-state index in [1.165, 1.54) is 6.07 Å². The zero-order valence-corrected chi connectivity index (χ0v) is 10.8. The summed E-state index contributed by atoms with van der Waals surface area (Å²) in [5.74, 6) is -0.328.